The Balaban J connectivity index is 3.12. The van der Waals surface area contributed by atoms with E-state index in [-0.39, 0.29) is 4.99 Å². The zero-order chi connectivity index (χ0) is 12.3. The SMILES string of the molecule is CN(C)S(=O)(=O)Nc1ccccc1C(N)=S. The van der Waals surface area contributed by atoms with Crippen LogP contribution in [-0.2, 0) is 10.2 Å². The maximum absolute atomic E-state index is 11.6. The van der Waals surface area contributed by atoms with Crippen LogP contribution < -0.4 is 10.5 Å². The summed E-state index contributed by atoms with van der Waals surface area (Å²) in [6.45, 7) is 0. The van der Waals surface area contributed by atoms with Crippen molar-refractivity contribution in [1.82, 2.24) is 4.31 Å². The van der Waals surface area contributed by atoms with E-state index in [9.17, 15) is 8.42 Å². The number of nitrogens with zero attached hydrogens (tertiary/aromatic N) is 1. The van der Waals surface area contributed by atoms with Gasteiger partial charge >= 0.3 is 10.2 Å². The molecule has 0 aliphatic carbocycles. The van der Waals surface area contributed by atoms with Gasteiger partial charge in [-0.3, -0.25) is 4.72 Å². The number of para-hydroxylation sites is 1. The van der Waals surface area contributed by atoms with Gasteiger partial charge in [-0.2, -0.15) is 12.7 Å². The summed E-state index contributed by atoms with van der Waals surface area (Å²) in [4.78, 5) is 0.150. The van der Waals surface area contributed by atoms with Crippen molar-refractivity contribution in [2.75, 3.05) is 18.8 Å². The van der Waals surface area contributed by atoms with Crippen LogP contribution in [0, 0.1) is 0 Å². The highest BCUT2D eigenvalue weighted by atomic mass is 32.2. The molecule has 0 heterocycles. The van der Waals surface area contributed by atoms with Gasteiger partial charge in [-0.15, -0.1) is 0 Å². The molecule has 1 aromatic carbocycles. The highest BCUT2D eigenvalue weighted by molar-refractivity contribution is 7.90. The minimum absolute atomic E-state index is 0.150. The molecule has 1 rings (SSSR count). The fourth-order valence-corrected chi connectivity index (χ4v) is 1.83. The van der Waals surface area contributed by atoms with E-state index >= 15 is 0 Å². The van der Waals surface area contributed by atoms with Crippen LogP contribution >= 0.6 is 12.2 Å². The summed E-state index contributed by atoms with van der Waals surface area (Å²) in [7, 11) is -0.667. The van der Waals surface area contributed by atoms with Crippen molar-refractivity contribution in [3.63, 3.8) is 0 Å². The van der Waals surface area contributed by atoms with E-state index < -0.39 is 10.2 Å². The van der Waals surface area contributed by atoms with Crippen LogP contribution in [0.5, 0.6) is 0 Å². The second kappa shape index (κ2) is 4.77. The quantitative estimate of drug-likeness (QED) is 0.774. The summed E-state index contributed by atoms with van der Waals surface area (Å²) in [5, 5.41) is 0. The first-order valence-corrected chi connectivity index (χ1v) is 6.28. The third-order valence-corrected chi connectivity index (χ3v) is 3.57. The molecule has 0 unspecified atom stereocenters. The number of hydrogen-bond donors (Lipinski definition) is 2. The average molecular weight is 259 g/mol. The number of hydrogen-bond acceptors (Lipinski definition) is 3. The predicted molar refractivity (Wildman–Crippen MR) is 68.6 cm³/mol. The van der Waals surface area contributed by atoms with E-state index in [2.05, 4.69) is 4.72 Å². The average Bonchev–Trinajstić information content (AvgIpc) is 2.17. The monoisotopic (exact) mass is 259 g/mol. The maximum atomic E-state index is 11.6. The van der Waals surface area contributed by atoms with Gasteiger partial charge in [0.05, 0.1) is 5.69 Å². The molecule has 0 aliphatic heterocycles. The summed E-state index contributed by atoms with van der Waals surface area (Å²) >= 11 is 4.83. The minimum Gasteiger partial charge on any atom is -0.389 e. The van der Waals surface area contributed by atoms with Crippen molar-refractivity contribution in [3.8, 4) is 0 Å². The number of nitrogens with two attached hydrogens (primary N) is 1. The lowest BCUT2D eigenvalue weighted by Gasteiger charge is -2.15. The Kier molecular flexibility index (Phi) is 3.84. The summed E-state index contributed by atoms with van der Waals surface area (Å²) in [5.41, 5.74) is 6.37. The molecule has 16 heavy (non-hydrogen) atoms. The minimum atomic E-state index is -3.54. The molecule has 0 aromatic heterocycles. The molecular weight excluding hydrogens is 246 g/mol. The van der Waals surface area contributed by atoms with Crippen molar-refractivity contribution in [2.45, 2.75) is 0 Å². The number of anilines is 1. The van der Waals surface area contributed by atoms with Crippen LogP contribution in [-0.4, -0.2) is 31.8 Å². The number of rotatable bonds is 4. The molecule has 88 valence electrons. The zero-order valence-electron chi connectivity index (χ0n) is 8.97. The summed E-state index contributed by atoms with van der Waals surface area (Å²) < 4.78 is 26.7. The van der Waals surface area contributed by atoms with Crippen molar-refractivity contribution in [1.29, 1.82) is 0 Å². The van der Waals surface area contributed by atoms with Gasteiger partial charge in [0.2, 0.25) is 0 Å². The van der Waals surface area contributed by atoms with Crippen LogP contribution in [0.15, 0.2) is 24.3 Å². The van der Waals surface area contributed by atoms with Crippen LogP contribution in [0.3, 0.4) is 0 Å². The van der Waals surface area contributed by atoms with E-state index in [0.29, 0.717) is 11.3 Å². The largest absolute Gasteiger partial charge is 0.389 e. The Labute approximate surface area is 100 Å². The fourth-order valence-electron chi connectivity index (χ4n) is 1.02. The van der Waals surface area contributed by atoms with Gasteiger partial charge < -0.3 is 5.73 Å². The van der Waals surface area contributed by atoms with Crippen molar-refractivity contribution < 1.29 is 8.42 Å². The number of thiocarbonyl (C=S) groups is 1. The van der Waals surface area contributed by atoms with E-state index in [0.717, 1.165) is 4.31 Å². The van der Waals surface area contributed by atoms with Gasteiger partial charge in [-0.25, -0.2) is 0 Å². The predicted octanol–water partition coefficient (Wildman–Crippen LogP) is 0.539. The van der Waals surface area contributed by atoms with Gasteiger partial charge in [0, 0.05) is 19.7 Å². The van der Waals surface area contributed by atoms with Crippen LogP contribution in [0.1, 0.15) is 5.56 Å². The summed E-state index contributed by atoms with van der Waals surface area (Å²) in [6.07, 6.45) is 0. The third kappa shape index (κ3) is 2.91. The molecule has 0 aliphatic rings. The molecule has 1 aromatic rings. The summed E-state index contributed by atoms with van der Waals surface area (Å²) in [5.74, 6) is 0. The van der Waals surface area contributed by atoms with E-state index in [1.54, 1.807) is 24.3 Å². The third-order valence-electron chi connectivity index (χ3n) is 1.91. The van der Waals surface area contributed by atoms with E-state index in [1.807, 2.05) is 0 Å². The Hall–Kier alpha value is -1.18. The van der Waals surface area contributed by atoms with Crippen LogP contribution in [0.4, 0.5) is 5.69 Å². The van der Waals surface area contributed by atoms with Crippen molar-refractivity contribution in [2.24, 2.45) is 5.73 Å². The molecule has 0 saturated carbocycles. The second-order valence-corrected chi connectivity index (χ2v) is 5.62. The topological polar surface area (TPSA) is 75.4 Å². The lowest BCUT2D eigenvalue weighted by atomic mass is 10.2. The summed E-state index contributed by atoms with van der Waals surface area (Å²) in [6, 6.07) is 6.71. The van der Waals surface area contributed by atoms with Crippen LogP contribution in [0.2, 0.25) is 0 Å². The molecule has 0 radical (unpaired) electrons. The lowest BCUT2D eigenvalue weighted by molar-refractivity contribution is 0.527. The first-order valence-electron chi connectivity index (χ1n) is 4.43. The molecule has 0 amide bonds. The van der Waals surface area contributed by atoms with Gasteiger partial charge in [0.25, 0.3) is 0 Å². The Morgan fingerprint density at radius 3 is 2.44 bits per heavy atom. The smallest absolute Gasteiger partial charge is 0.301 e. The molecule has 3 N–H and O–H groups in total. The molecular formula is C9H13N3O2S2. The standard InChI is InChI=1S/C9H13N3O2S2/c1-12(2)16(13,14)11-8-6-4-3-5-7(8)9(10)15/h3-6,11H,1-2H3,(H2,10,15). The first-order chi connectivity index (χ1) is 7.34. The van der Waals surface area contributed by atoms with Gasteiger partial charge in [0.1, 0.15) is 4.99 Å². The Morgan fingerprint density at radius 1 is 1.38 bits per heavy atom. The second-order valence-electron chi connectivity index (χ2n) is 3.30. The van der Waals surface area contributed by atoms with Gasteiger partial charge in [-0.1, -0.05) is 24.4 Å². The highest BCUT2D eigenvalue weighted by Crippen LogP contribution is 2.16. The van der Waals surface area contributed by atoms with Gasteiger partial charge in [0.15, 0.2) is 0 Å². The van der Waals surface area contributed by atoms with E-state index in [4.69, 9.17) is 18.0 Å². The molecule has 0 spiro atoms. The number of benzene rings is 1. The maximum Gasteiger partial charge on any atom is 0.301 e. The molecule has 7 heteroatoms. The van der Waals surface area contributed by atoms with Crippen molar-refractivity contribution in [3.05, 3.63) is 29.8 Å². The van der Waals surface area contributed by atoms with Crippen LogP contribution in [0.25, 0.3) is 0 Å². The van der Waals surface area contributed by atoms with Gasteiger partial charge in [-0.05, 0) is 12.1 Å². The Bertz CT molecular complexity index is 497. The normalized spacial score (nSPS) is 11.4. The molecule has 5 nitrogen and oxygen atoms in total. The number of nitrogens with one attached hydrogen (secondary N) is 1. The zero-order valence-corrected chi connectivity index (χ0v) is 10.6. The molecule has 0 saturated heterocycles. The fraction of sp³-hybridized carbons (Fsp3) is 0.222. The van der Waals surface area contributed by atoms with E-state index in [1.165, 1.54) is 14.1 Å². The molecule has 0 atom stereocenters. The lowest BCUT2D eigenvalue weighted by Crippen LogP contribution is -2.30. The molecule has 0 fully saturated rings. The van der Waals surface area contributed by atoms with Crippen molar-refractivity contribution >= 4 is 33.1 Å². The first kappa shape index (κ1) is 12.9. The molecule has 0 bridgehead atoms. The Morgan fingerprint density at radius 2 is 1.94 bits per heavy atom. The highest BCUT2D eigenvalue weighted by Gasteiger charge is 2.15.